The first-order valence-corrected chi connectivity index (χ1v) is 3.62. The Bertz CT molecular complexity index is 160. The summed E-state index contributed by atoms with van der Waals surface area (Å²) in [6, 6.07) is 7.94. The second-order valence-corrected chi connectivity index (χ2v) is 2.02. The largest absolute Gasteiger partial charge is 0.396 e. The molecule has 0 unspecified atom stereocenters. The van der Waals surface area contributed by atoms with E-state index in [0.29, 0.717) is 6.61 Å². The highest BCUT2D eigenvalue weighted by Crippen LogP contribution is 1.91. The van der Waals surface area contributed by atoms with Crippen LogP contribution in [0.25, 0.3) is 0 Å². The second kappa shape index (κ2) is 7.22. The summed E-state index contributed by atoms with van der Waals surface area (Å²) >= 11 is 0. The van der Waals surface area contributed by atoms with Gasteiger partial charge in [0.15, 0.2) is 0 Å². The normalized spacial score (nSPS) is 8.27. The zero-order valence-corrected chi connectivity index (χ0v) is 6.63. The Hall–Kier alpha value is -0.890. The minimum Gasteiger partial charge on any atom is -0.396 e. The topological polar surface area (TPSA) is 20.2 Å². The van der Waals surface area contributed by atoms with Crippen LogP contribution < -0.4 is 0 Å². The summed E-state index contributed by atoms with van der Waals surface area (Å²) < 4.78 is 11.9. The van der Waals surface area contributed by atoms with Crippen molar-refractivity contribution in [1.29, 1.82) is 0 Å². The molecule has 11 heavy (non-hydrogen) atoms. The molecule has 0 amide bonds. The van der Waals surface area contributed by atoms with Gasteiger partial charge in [-0.05, 0) is 18.6 Å². The van der Waals surface area contributed by atoms with E-state index >= 15 is 0 Å². The van der Waals surface area contributed by atoms with Gasteiger partial charge in [-0.25, -0.2) is 4.39 Å². The Morgan fingerprint density at radius 3 is 1.91 bits per heavy atom. The van der Waals surface area contributed by atoms with E-state index in [1.807, 2.05) is 6.92 Å². The second-order valence-electron chi connectivity index (χ2n) is 2.02. The van der Waals surface area contributed by atoms with E-state index in [0.717, 1.165) is 6.42 Å². The van der Waals surface area contributed by atoms with Crippen molar-refractivity contribution >= 4 is 0 Å². The van der Waals surface area contributed by atoms with Gasteiger partial charge in [-0.2, -0.15) is 0 Å². The van der Waals surface area contributed by atoms with Crippen LogP contribution in [-0.2, 0) is 0 Å². The van der Waals surface area contributed by atoms with Crippen LogP contribution in [0.4, 0.5) is 4.39 Å². The zero-order chi connectivity index (χ0) is 8.53. The third kappa shape index (κ3) is 7.00. The summed E-state index contributed by atoms with van der Waals surface area (Å²) in [4.78, 5) is 0. The van der Waals surface area contributed by atoms with E-state index in [1.54, 1.807) is 18.2 Å². The number of hydrogen-bond acceptors (Lipinski definition) is 1. The average Bonchev–Trinajstić information content (AvgIpc) is 2.07. The zero-order valence-electron chi connectivity index (χ0n) is 6.63. The molecule has 1 aromatic rings. The van der Waals surface area contributed by atoms with Crippen molar-refractivity contribution in [2.45, 2.75) is 13.3 Å². The molecule has 0 heterocycles. The lowest BCUT2D eigenvalue weighted by Gasteiger charge is -1.78. The molecule has 1 nitrogen and oxygen atoms in total. The summed E-state index contributed by atoms with van der Waals surface area (Å²) in [5.74, 6) is -0.178. The molecule has 0 aliphatic carbocycles. The van der Waals surface area contributed by atoms with Crippen molar-refractivity contribution in [3.8, 4) is 0 Å². The van der Waals surface area contributed by atoms with Gasteiger partial charge in [-0.1, -0.05) is 25.1 Å². The number of hydrogen-bond donors (Lipinski definition) is 1. The summed E-state index contributed by atoms with van der Waals surface area (Å²) in [5.41, 5.74) is 0. The molecule has 0 saturated heterocycles. The van der Waals surface area contributed by atoms with Crippen molar-refractivity contribution in [2.75, 3.05) is 6.61 Å². The Kier molecular flexibility index (Phi) is 6.64. The molecular formula is C9H13FO. The first-order chi connectivity index (χ1) is 5.31. The van der Waals surface area contributed by atoms with Crippen LogP contribution in [-0.4, -0.2) is 11.7 Å². The Labute approximate surface area is 66.5 Å². The highest BCUT2D eigenvalue weighted by Gasteiger charge is 1.77. The Morgan fingerprint density at radius 1 is 1.27 bits per heavy atom. The lowest BCUT2D eigenvalue weighted by Crippen LogP contribution is -1.69. The van der Waals surface area contributed by atoms with Crippen molar-refractivity contribution in [3.63, 3.8) is 0 Å². The van der Waals surface area contributed by atoms with Crippen LogP contribution >= 0.6 is 0 Å². The monoisotopic (exact) mass is 156 g/mol. The van der Waals surface area contributed by atoms with Gasteiger partial charge < -0.3 is 5.11 Å². The Balaban J connectivity index is 0.000000218. The molecule has 0 spiro atoms. The SMILES string of the molecule is CCCO.Fc1ccccc1. The van der Waals surface area contributed by atoms with Gasteiger partial charge in [0.05, 0.1) is 0 Å². The maximum atomic E-state index is 11.9. The lowest BCUT2D eigenvalue weighted by molar-refractivity contribution is 0.295. The first-order valence-electron chi connectivity index (χ1n) is 3.62. The molecular weight excluding hydrogens is 143 g/mol. The summed E-state index contributed by atoms with van der Waals surface area (Å²) in [7, 11) is 0. The molecule has 0 aliphatic rings. The summed E-state index contributed by atoms with van der Waals surface area (Å²) in [6.45, 7) is 2.25. The van der Waals surface area contributed by atoms with E-state index < -0.39 is 0 Å². The Morgan fingerprint density at radius 2 is 1.73 bits per heavy atom. The standard InChI is InChI=1S/C6H5F.C3H8O/c7-6-4-2-1-3-5-6;1-2-3-4/h1-5H;4H,2-3H2,1H3. The molecule has 1 N–H and O–H groups in total. The lowest BCUT2D eigenvalue weighted by atomic mass is 10.4. The number of aliphatic hydroxyl groups excluding tert-OH is 1. The van der Waals surface area contributed by atoms with Gasteiger partial charge in [-0.3, -0.25) is 0 Å². The van der Waals surface area contributed by atoms with E-state index in [9.17, 15) is 4.39 Å². The van der Waals surface area contributed by atoms with Gasteiger partial charge in [0.25, 0.3) is 0 Å². The van der Waals surface area contributed by atoms with Crippen molar-refractivity contribution in [3.05, 3.63) is 36.1 Å². The van der Waals surface area contributed by atoms with Gasteiger partial charge in [-0.15, -0.1) is 0 Å². The first kappa shape index (κ1) is 10.1. The van der Waals surface area contributed by atoms with Crippen LogP contribution in [0.15, 0.2) is 30.3 Å². The minimum absolute atomic E-state index is 0.178. The smallest absolute Gasteiger partial charge is 0.123 e. The fraction of sp³-hybridized carbons (Fsp3) is 0.333. The molecule has 0 aliphatic heterocycles. The van der Waals surface area contributed by atoms with Gasteiger partial charge in [0, 0.05) is 6.61 Å². The van der Waals surface area contributed by atoms with Gasteiger partial charge >= 0.3 is 0 Å². The minimum atomic E-state index is -0.178. The fourth-order valence-electron chi connectivity index (χ4n) is 0.415. The molecule has 0 atom stereocenters. The van der Waals surface area contributed by atoms with Crippen LogP contribution in [0.2, 0.25) is 0 Å². The number of benzene rings is 1. The molecule has 0 radical (unpaired) electrons. The number of rotatable bonds is 1. The highest BCUT2D eigenvalue weighted by atomic mass is 19.1. The predicted molar refractivity (Wildman–Crippen MR) is 43.8 cm³/mol. The van der Waals surface area contributed by atoms with E-state index in [1.165, 1.54) is 12.1 Å². The molecule has 0 aromatic heterocycles. The third-order valence-corrected chi connectivity index (χ3v) is 0.957. The molecule has 1 aromatic carbocycles. The fourth-order valence-corrected chi connectivity index (χ4v) is 0.415. The maximum Gasteiger partial charge on any atom is 0.123 e. The quantitative estimate of drug-likeness (QED) is 0.661. The van der Waals surface area contributed by atoms with E-state index in [2.05, 4.69) is 0 Å². The number of aliphatic hydroxyl groups is 1. The van der Waals surface area contributed by atoms with Crippen molar-refractivity contribution in [2.24, 2.45) is 0 Å². The maximum absolute atomic E-state index is 11.9. The third-order valence-electron chi connectivity index (χ3n) is 0.957. The molecule has 0 saturated carbocycles. The highest BCUT2D eigenvalue weighted by molar-refractivity contribution is 5.02. The number of halogens is 1. The van der Waals surface area contributed by atoms with Crippen molar-refractivity contribution in [1.82, 2.24) is 0 Å². The predicted octanol–water partition coefficient (Wildman–Crippen LogP) is 2.21. The van der Waals surface area contributed by atoms with Crippen LogP contribution in [0.3, 0.4) is 0 Å². The van der Waals surface area contributed by atoms with Crippen LogP contribution in [0, 0.1) is 5.82 Å². The molecule has 0 bridgehead atoms. The summed E-state index contributed by atoms with van der Waals surface area (Å²) in [5, 5.41) is 7.88. The van der Waals surface area contributed by atoms with Crippen LogP contribution in [0.5, 0.6) is 0 Å². The summed E-state index contributed by atoms with van der Waals surface area (Å²) in [6.07, 6.45) is 0.875. The molecule has 62 valence electrons. The molecule has 1 rings (SSSR count). The van der Waals surface area contributed by atoms with Gasteiger partial charge in [0.1, 0.15) is 5.82 Å². The average molecular weight is 156 g/mol. The van der Waals surface area contributed by atoms with E-state index in [4.69, 9.17) is 5.11 Å². The molecule has 2 heteroatoms. The van der Waals surface area contributed by atoms with Crippen LogP contribution in [0.1, 0.15) is 13.3 Å². The van der Waals surface area contributed by atoms with Crippen molar-refractivity contribution < 1.29 is 9.50 Å². The van der Waals surface area contributed by atoms with E-state index in [-0.39, 0.29) is 5.82 Å². The molecule has 0 fully saturated rings. The van der Waals surface area contributed by atoms with Gasteiger partial charge in [0.2, 0.25) is 0 Å².